The summed E-state index contributed by atoms with van der Waals surface area (Å²) < 4.78 is 0. The van der Waals surface area contributed by atoms with Gasteiger partial charge in [0.05, 0.1) is 5.75 Å². The normalized spacial score (nSPS) is 10.8. The van der Waals surface area contributed by atoms with E-state index in [1.54, 1.807) is 11.8 Å². The van der Waals surface area contributed by atoms with Gasteiger partial charge in [-0.1, -0.05) is 31.5 Å². The Morgan fingerprint density at radius 3 is 2.45 bits per heavy atom. The molecule has 0 aliphatic carbocycles. The summed E-state index contributed by atoms with van der Waals surface area (Å²) in [5, 5.41) is 2.98. The smallest absolute Gasteiger partial charge is 0.230 e. The maximum atomic E-state index is 11.7. The predicted molar refractivity (Wildman–Crippen MR) is 87.3 cm³/mol. The van der Waals surface area contributed by atoms with Crippen LogP contribution in [0.2, 0.25) is 0 Å². The summed E-state index contributed by atoms with van der Waals surface area (Å²) in [5.41, 5.74) is 1.25. The standard InChI is InChI=1S/C16H26N2OS/c1-4-18(5-2)12-6-11-17-16(19)13-20-15-9-7-14(3)8-10-15/h7-10H,4-6,11-13H2,1-3H3,(H,17,19). The minimum Gasteiger partial charge on any atom is -0.355 e. The molecule has 0 heterocycles. The zero-order chi connectivity index (χ0) is 14.8. The number of hydrogen-bond donors (Lipinski definition) is 1. The average Bonchev–Trinajstić information content (AvgIpc) is 2.47. The summed E-state index contributed by atoms with van der Waals surface area (Å²) >= 11 is 1.59. The van der Waals surface area contributed by atoms with Crippen LogP contribution in [-0.2, 0) is 4.79 Å². The van der Waals surface area contributed by atoms with Crippen LogP contribution in [0, 0.1) is 6.92 Å². The SMILES string of the molecule is CCN(CC)CCCNC(=O)CSc1ccc(C)cc1. The highest BCUT2D eigenvalue weighted by molar-refractivity contribution is 8.00. The Kier molecular flexibility index (Phi) is 8.38. The van der Waals surface area contributed by atoms with Crippen LogP contribution in [0.4, 0.5) is 0 Å². The van der Waals surface area contributed by atoms with Gasteiger partial charge in [0.1, 0.15) is 0 Å². The van der Waals surface area contributed by atoms with Crippen molar-refractivity contribution in [2.75, 3.05) is 31.9 Å². The van der Waals surface area contributed by atoms with Crippen LogP contribution in [0.5, 0.6) is 0 Å². The van der Waals surface area contributed by atoms with Crippen molar-refractivity contribution in [1.29, 1.82) is 0 Å². The molecule has 0 radical (unpaired) electrons. The van der Waals surface area contributed by atoms with Gasteiger partial charge in [0.25, 0.3) is 0 Å². The quantitative estimate of drug-likeness (QED) is 0.561. The van der Waals surface area contributed by atoms with Crippen molar-refractivity contribution >= 4 is 17.7 Å². The van der Waals surface area contributed by atoms with Gasteiger partial charge in [0.15, 0.2) is 0 Å². The van der Waals surface area contributed by atoms with Crippen molar-refractivity contribution in [2.24, 2.45) is 0 Å². The lowest BCUT2D eigenvalue weighted by Crippen LogP contribution is -2.30. The number of nitrogens with one attached hydrogen (secondary N) is 1. The van der Waals surface area contributed by atoms with Crippen molar-refractivity contribution in [3.63, 3.8) is 0 Å². The van der Waals surface area contributed by atoms with E-state index in [1.807, 2.05) is 0 Å². The fraction of sp³-hybridized carbons (Fsp3) is 0.562. The Morgan fingerprint density at radius 1 is 1.20 bits per heavy atom. The van der Waals surface area contributed by atoms with Crippen molar-refractivity contribution in [2.45, 2.75) is 32.1 Å². The third kappa shape index (κ3) is 6.96. The molecule has 0 aromatic heterocycles. The molecule has 0 saturated heterocycles. The molecule has 0 bridgehead atoms. The van der Waals surface area contributed by atoms with Crippen LogP contribution < -0.4 is 5.32 Å². The number of nitrogens with zero attached hydrogens (tertiary/aromatic N) is 1. The lowest BCUT2D eigenvalue weighted by atomic mass is 10.2. The second kappa shape index (κ2) is 9.83. The van der Waals surface area contributed by atoms with E-state index in [2.05, 4.69) is 55.3 Å². The maximum Gasteiger partial charge on any atom is 0.230 e. The summed E-state index contributed by atoms with van der Waals surface area (Å²) in [5.74, 6) is 0.615. The summed E-state index contributed by atoms with van der Waals surface area (Å²) in [6.45, 7) is 10.4. The second-order valence-corrected chi connectivity index (χ2v) is 5.88. The Hall–Kier alpha value is -1.00. The number of benzene rings is 1. The largest absolute Gasteiger partial charge is 0.355 e. The van der Waals surface area contributed by atoms with Crippen LogP contribution in [0.1, 0.15) is 25.8 Å². The second-order valence-electron chi connectivity index (χ2n) is 4.83. The van der Waals surface area contributed by atoms with Gasteiger partial charge in [-0.15, -0.1) is 11.8 Å². The predicted octanol–water partition coefficient (Wildman–Crippen LogP) is 2.94. The van der Waals surface area contributed by atoms with Crippen LogP contribution in [0.25, 0.3) is 0 Å². The highest BCUT2D eigenvalue weighted by Gasteiger charge is 2.03. The molecular weight excluding hydrogens is 268 g/mol. The monoisotopic (exact) mass is 294 g/mol. The van der Waals surface area contributed by atoms with E-state index in [4.69, 9.17) is 0 Å². The van der Waals surface area contributed by atoms with E-state index in [-0.39, 0.29) is 5.91 Å². The maximum absolute atomic E-state index is 11.7. The molecule has 3 nitrogen and oxygen atoms in total. The third-order valence-electron chi connectivity index (χ3n) is 3.26. The van der Waals surface area contributed by atoms with Gasteiger partial charge in [-0.3, -0.25) is 4.79 Å². The Labute approximate surface area is 127 Å². The summed E-state index contributed by atoms with van der Waals surface area (Å²) in [6.07, 6.45) is 1.02. The average molecular weight is 294 g/mol. The first-order valence-corrected chi connectivity index (χ1v) is 8.32. The number of carbonyl (C=O) groups is 1. The van der Waals surface area contributed by atoms with Crippen LogP contribution in [0.3, 0.4) is 0 Å². The molecule has 4 heteroatoms. The number of thioether (sulfide) groups is 1. The molecule has 112 valence electrons. The molecule has 0 aliphatic rings. The van der Waals surface area contributed by atoms with E-state index < -0.39 is 0 Å². The van der Waals surface area contributed by atoms with Crippen LogP contribution >= 0.6 is 11.8 Å². The topological polar surface area (TPSA) is 32.3 Å². The van der Waals surface area contributed by atoms with Crippen molar-refractivity contribution in [1.82, 2.24) is 10.2 Å². The number of aryl methyl sites for hydroxylation is 1. The number of amides is 1. The van der Waals surface area contributed by atoms with E-state index in [1.165, 1.54) is 5.56 Å². The molecule has 0 aliphatic heterocycles. The summed E-state index contributed by atoms with van der Waals surface area (Å²) in [6, 6.07) is 8.27. The minimum atomic E-state index is 0.120. The first-order valence-electron chi connectivity index (χ1n) is 7.34. The Balaban J connectivity index is 2.13. The van der Waals surface area contributed by atoms with Gasteiger partial charge in [0, 0.05) is 11.4 Å². The third-order valence-corrected chi connectivity index (χ3v) is 4.27. The van der Waals surface area contributed by atoms with Crippen molar-refractivity contribution in [3.05, 3.63) is 29.8 Å². The van der Waals surface area contributed by atoms with Crippen molar-refractivity contribution in [3.8, 4) is 0 Å². The summed E-state index contributed by atoms with van der Waals surface area (Å²) in [7, 11) is 0. The molecule has 0 fully saturated rings. The molecular formula is C16H26N2OS. The number of rotatable bonds is 9. The van der Waals surface area contributed by atoms with Gasteiger partial charge in [0.2, 0.25) is 5.91 Å². The molecule has 1 aromatic rings. The molecule has 1 rings (SSSR count). The van der Waals surface area contributed by atoms with Gasteiger partial charge >= 0.3 is 0 Å². The lowest BCUT2D eigenvalue weighted by Gasteiger charge is -2.17. The van der Waals surface area contributed by atoms with E-state index in [0.29, 0.717) is 5.75 Å². The fourth-order valence-corrected chi connectivity index (χ4v) is 2.63. The highest BCUT2D eigenvalue weighted by Crippen LogP contribution is 2.17. The van der Waals surface area contributed by atoms with E-state index in [9.17, 15) is 4.79 Å². The van der Waals surface area contributed by atoms with E-state index >= 15 is 0 Å². The lowest BCUT2D eigenvalue weighted by molar-refractivity contribution is -0.118. The van der Waals surface area contributed by atoms with Gasteiger partial charge in [-0.2, -0.15) is 0 Å². The molecule has 1 N–H and O–H groups in total. The molecule has 0 saturated carbocycles. The summed E-state index contributed by atoms with van der Waals surface area (Å²) in [4.78, 5) is 15.2. The van der Waals surface area contributed by atoms with Gasteiger partial charge in [-0.25, -0.2) is 0 Å². The van der Waals surface area contributed by atoms with Crippen LogP contribution in [-0.4, -0.2) is 42.7 Å². The van der Waals surface area contributed by atoms with Gasteiger partial charge in [-0.05, 0) is 45.1 Å². The fourth-order valence-electron chi connectivity index (χ4n) is 1.90. The highest BCUT2D eigenvalue weighted by atomic mass is 32.2. The first kappa shape index (κ1) is 17.1. The zero-order valence-electron chi connectivity index (χ0n) is 12.8. The Morgan fingerprint density at radius 2 is 1.85 bits per heavy atom. The van der Waals surface area contributed by atoms with Crippen LogP contribution in [0.15, 0.2) is 29.2 Å². The first-order chi connectivity index (χ1) is 9.65. The molecule has 20 heavy (non-hydrogen) atoms. The molecule has 0 unspecified atom stereocenters. The minimum absolute atomic E-state index is 0.120. The zero-order valence-corrected chi connectivity index (χ0v) is 13.6. The Bertz CT molecular complexity index is 388. The number of hydrogen-bond acceptors (Lipinski definition) is 3. The molecule has 1 amide bonds. The molecule has 0 atom stereocenters. The molecule has 1 aromatic carbocycles. The number of carbonyl (C=O) groups excluding carboxylic acids is 1. The van der Waals surface area contributed by atoms with Gasteiger partial charge < -0.3 is 10.2 Å². The molecule has 0 spiro atoms. The van der Waals surface area contributed by atoms with E-state index in [0.717, 1.165) is 37.5 Å². The van der Waals surface area contributed by atoms with Crippen molar-refractivity contribution < 1.29 is 4.79 Å².